The summed E-state index contributed by atoms with van der Waals surface area (Å²) < 4.78 is 43.6. The van der Waals surface area contributed by atoms with Crippen LogP contribution in [0.4, 0.5) is 18.9 Å². The van der Waals surface area contributed by atoms with Gasteiger partial charge in [-0.15, -0.1) is 0 Å². The molecule has 0 saturated carbocycles. The fraction of sp³-hybridized carbons (Fsp3) is 0.105. The molecular formula is C19H13F3N2O5. The Morgan fingerprint density at radius 2 is 1.83 bits per heavy atom. The third-order valence-corrected chi connectivity index (χ3v) is 3.88. The fourth-order valence-electron chi connectivity index (χ4n) is 2.53. The first-order valence-electron chi connectivity index (χ1n) is 8.14. The molecule has 0 aromatic heterocycles. The number of amides is 2. The molecule has 7 nitrogen and oxygen atoms in total. The van der Waals surface area contributed by atoms with Crippen LogP contribution >= 0.6 is 0 Å². The second-order valence-corrected chi connectivity index (χ2v) is 5.94. The van der Waals surface area contributed by atoms with Gasteiger partial charge in [0.15, 0.2) is 6.61 Å². The van der Waals surface area contributed by atoms with Crippen LogP contribution in [0.15, 0.2) is 54.1 Å². The predicted octanol–water partition coefficient (Wildman–Crippen LogP) is 2.63. The maximum atomic E-state index is 12.9. The summed E-state index contributed by atoms with van der Waals surface area (Å²) in [5, 5.41) is 9.32. The zero-order valence-corrected chi connectivity index (χ0v) is 14.6. The van der Waals surface area contributed by atoms with E-state index in [1.165, 1.54) is 36.4 Å². The highest BCUT2D eigenvalue weighted by Crippen LogP contribution is 2.32. The number of carboxylic acid groups (broad SMARTS) is 1. The first-order chi connectivity index (χ1) is 13.6. The maximum Gasteiger partial charge on any atom is 0.416 e. The minimum atomic E-state index is -4.59. The van der Waals surface area contributed by atoms with Gasteiger partial charge in [0.1, 0.15) is 11.3 Å². The van der Waals surface area contributed by atoms with Crippen LogP contribution in [-0.2, 0) is 20.6 Å². The van der Waals surface area contributed by atoms with Crippen LogP contribution in [-0.4, -0.2) is 29.5 Å². The number of carbonyl (C=O) groups is 3. The molecule has 29 heavy (non-hydrogen) atoms. The number of nitrogens with one attached hydrogen (secondary N) is 1. The van der Waals surface area contributed by atoms with Crippen molar-refractivity contribution < 1.29 is 37.4 Å². The summed E-state index contributed by atoms with van der Waals surface area (Å²) in [5.41, 5.74) is 1.33. The van der Waals surface area contributed by atoms with E-state index in [4.69, 9.17) is 9.84 Å². The lowest BCUT2D eigenvalue weighted by Gasteiger charge is -2.16. The van der Waals surface area contributed by atoms with Crippen molar-refractivity contribution in [2.75, 3.05) is 11.6 Å². The van der Waals surface area contributed by atoms with E-state index in [2.05, 4.69) is 5.43 Å². The van der Waals surface area contributed by atoms with E-state index in [0.717, 1.165) is 23.2 Å². The number of halogens is 3. The lowest BCUT2D eigenvalue weighted by molar-refractivity contribution is -0.139. The molecular weight excluding hydrogens is 393 g/mol. The van der Waals surface area contributed by atoms with Crippen molar-refractivity contribution in [3.63, 3.8) is 0 Å². The van der Waals surface area contributed by atoms with Crippen molar-refractivity contribution >= 4 is 29.5 Å². The average molecular weight is 406 g/mol. The number of hydrogen-bond donors (Lipinski definition) is 2. The monoisotopic (exact) mass is 406 g/mol. The van der Waals surface area contributed by atoms with Gasteiger partial charge in [0.05, 0.1) is 11.3 Å². The molecule has 0 atom stereocenters. The Hall–Kier alpha value is -3.82. The maximum absolute atomic E-state index is 12.9. The number of carbonyl (C=O) groups excluding carboxylic acids is 2. The van der Waals surface area contributed by atoms with Gasteiger partial charge in [-0.25, -0.2) is 9.80 Å². The van der Waals surface area contributed by atoms with Gasteiger partial charge in [0, 0.05) is 0 Å². The molecule has 1 saturated heterocycles. The summed E-state index contributed by atoms with van der Waals surface area (Å²) in [4.78, 5) is 35.2. The molecule has 2 amide bonds. The van der Waals surface area contributed by atoms with Crippen LogP contribution in [0, 0.1) is 0 Å². The number of benzene rings is 2. The van der Waals surface area contributed by atoms with E-state index < -0.39 is 36.1 Å². The molecule has 0 bridgehead atoms. The Kier molecular flexibility index (Phi) is 5.26. The molecule has 1 aliphatic heterocycles. The zero-order valence-electron chi connectivity index (χ0n) is 14.6. The van der Waals surface area contributed by atoms with Crippen molar-refractivity contribution in [3.05, 3.63) is 65.2 Å². The molecule has 150 valence electrons. The lowest BCUT2D eigenvalue weighted by Crippen LogP contribution is -2.35. The summed E-state index contributed by atoms with van der Waals surface area (Å²) >= 11 is 0. The summed E-state index contributed by atoms with van der Waals surface area (Å²) in [6.45, 7) is -0.521. The van der Waals surface area contributed by atoms with E-state index in [-0.39, 0.29) is 17.0 Å². The molecule has 1 fully saturated rings. The fourth-order valence-corrected chi connectivity index (χ4v) is 2.53. The van der Waals surface area contributed by atoms with E-state index >= 15 is 0 Å². The molecule has 1 heterocycles. The lowest BCUT2D eigenvalue weighted by atomic mass is 10.1. The van der Waals surface area contributed by atoms with Crippen LogP contribution in [0.25, 0.3) is 6.08 Å². The standard InChI is InChI=1S/C19H13F3N2O5/c20-19(21,22)12-2-1-3-13(9-12)24-18(28)15(17(27)23-24)8-11-4-6-14(7-5-11)29-10-16(25)26/h1-9H,10H2,(H,23,27)(H,25,26). The number of ether oxygens (including phenoxy) is 1. The predicted molar refractivity (Wildman–Crippen MR) is 94.6 cm³/mol. The van der Waals surface area contributed by atoms with Gasteiger partial charge in [0.2, 0.25) is 0 Å². The van der Waals surface area contributed by atoms with Crippen LogP contribution in [0.1, 0.15) is 11.1 Å². The Morgan fingerprint density at radius 3 is 2.45 bits per heavy atom. The first-order valence-corrected chi connectivity index (χ1v) is 8.14. The number of anilines is 1. The van der Waals surface area contributed by atoms with Crippen molar-refractivity contribution in [2.24, 2.45) is 0 Å². The van der Waals surface area contributed by atoms with Gasteiger partial charge < -0.3 is 9.84 Å². The normalized spacial score (nSPS) is 15.6. The molecule has 3 rings (SSSR count). The topological polar surface area (TPSA) is 95.9 Å². The second-order valence-electron chi connectivity index (χ2n) is 5.94. The largest absolute Gasteiger partial charge is 0.482 e. The number of carboxylic acids is 1. The minimum Gasteiger partial charge on any atom is -0.482 e. The van der Waals surface area contributed by atoms with Crippen LogP contribution in [0.5, 0.6) is 5.75 Å². The number of alkyl halides is 3. The van der Waals surface area contributed by atoms with Crippen molar-refractivity contribution in [1.29, 1.82) is 0 Å². The second kappa shape index (κ2) is 7.66. The molecule has 2 aromatic rings. The molecule has 0 spiro atoms. The molecule has 2 aromatic carbocycles. The third kappa shape index (κ3) is 4.54. The number of rotatable bonds is 5. The van der Waals surface area contributed by atoms with Crippen molar-refractivity contribution in [1.82, 2.24) is 5.43 Å². The Labute approximate surface area is 162 Å². The number of nitrogens with zero attached hydrogens (tertiary/aromatic N) is 1. The van der Waals surface area contributed by atoms with Gasteiger partial charge in [-0.1, -0.05) is 18.2 Å². The van der Waals surface area contributed by atoms with Gasteiger partial charge >= 0.3 is 12.1 Å². The summed E-state index contributed by atoms with van der Waals surface area (Å²) in [5.74, 6) is -2.43. The zero-order chi connectivity index (χ0) is 21.2. The average Bonchev–Trinajstić information content (AvgIpc) is 2.95. The van der Waals surface area contributed by atoms with Gasteiger partial charge in [0.25, 0.3) is 11.8 Å². The van der Waals surface area contributed by atoms with Gasteiger partial charge in [-0.2, -0.15) is 13.2 Å². The minimum absolute atomic E-state index is 0.126. The first kappa shape index (κ1) is 19.9. The van der Waals surface area contributed by atoms with E-state index in [0.29, 0.717) is 5.56 Å². The molecule has 0 aliphatic carbocycles. The van der Waals surface area contributed by atoms with E-state index in [1.54, 1.807) is 0 Å². The highest BCUT2D eigenvalue weighted by atomic mass is 19.4. The highest BCUT2D eigenvalue weighted by Gasteiger charge is 2.36. The number of hydrazine groups is 1. The summed E-state index contributed by atoms with van der Waals surface area (Å²) in [7, 11) is 0. The summed E-state index contributed by atoms with van der Waals surface area (Å²) in [6, 6.07) is 9.93. The molecule has 1 aliphatic rings. The molecule has 0 unspecified atom stereocenters. The Morgan fingerprint density at radius 1 is 1.14 bits per heavy atom. The third-order valence-electron chi connectivity index (χ3n) is 3.88. The SMILES string of the molecule is O=C(O)COc1ccc(C=C2C(=O)NN(c3cccc(C(F)(F)F)c3)C2=O)cc1. The van der Waals surface area contributed by atoms with Gasteiger partial charge in [-0.3, -0.25) is 15.0 Å². The van der Waals surface area contributed by atoms with Crippen LogP contribution in [0.3, 0.4) is 0 Å². The summed E-state index contributed by atoms with van der Waals surface area (Å²) in [6.07, 6.45) is -3.32. The van der Waals surface area contributed by atoms with Crippen LogP contribution in [0.2, 0.25) is 0 Å². The van der Waals surface area contributed by atoms with Crippen molar-refractivity contribution in [2.45, 2.75) is 6.18 Å². The Bertz CT molecular complexity index is 1000. The van der Waals surface area contributed by atoms with E-state index in [1.807, 2.05) is 0 Å². The van der Waals surface area contributed by atoms with Crippen LogP contribution < -0.4 is 15.2 Å². The molecule has 2 N–H and O–H groups in total. The number of hydrogen-bond acceptors (Lipinski definition) is 4. The quantitative estimate of drug-likeness (QED) is 0.588. The highest BCUT2D eigenvalue weighted by molar-refractivity contribution is 6.31. The Balaban J connectivity index is 1.81. The molecule has 10 heteroatoms. The van der Waals surface area contributed by atoms with E-state index in [9.17, 15) is 27.6 Å². The van der Waals surface area contributed by atoms with Crippen molar-refractivity contribution in [3.8, 4) is 5.75 Å². The van der Waals surface area contributed by atoms with Gasteiger partial charge in [-0.05, 0) is 42.0 Å². The smallest absolute Gasteiger partial charge is 0.416 e. The number of aliphatic carboxylic acids is 1. The molecule has 0 radical (unpaired) electrons.